The molecule has 1 unspecified atom stereocenters. The molecule has 1 aliphatic rings. The van der Waals surface area contributed by atoms with Crippen molar-refractivity contribution in [3.8, 4) is 17.2 Å². The van der Waals surface area contributed by atoms with Gasteiger partial charge in [0.15, 0.2) is 11.5 Å². The molecule has 0 aliphatic carbocycles. The van der Waals surface area contributed by atoms with E-state index in [-0.39, 0.29) is 22.8 Å². The summed E-state index contributed by atoms with van der Waals surface area (Å²) in [6.45, 7) is 4.43. The molecule has 1 fully saturated rings. The number of phenolic OH excluding ortho intramolecular Hbond substituents is 1. The van der Waals surface area contributed by atoms with Gasteiger partial charge in [-0.05, 0) is 67.9 Å². The second-order valence-electron chi connectivity index (χ2n) is 7.77. The predicted molar refractivity (Wildman–Crippen MR) is 133 cm³/mol. The minimum atomic E-state index is -0.980. The normalized spacial score (nSPS) is 17.0. The van der Waals surface area contributed by atoms with E-state index in [2.05, 4.69) is 0 Å². The van der Waals surface area contributed by atoms with Crippen LogP contribution in [0.15, 0.2) is 72.3 Å². The Labute approximate surface area is 207 Å². The first-order chi connectivity index (χ1) is 16.8. The van der Waals surface area contributed by atoms with Crippen molar-refractivity contribution >= 4 is 34.7 Å². The molecular formula is C27H24ClNO6. The maximum Gasteiger partial charge on any atom is 0.300 e. The van der Waals surface area contributed by atoms with Crippen LogP contribution < -0.4 is 14.4 Å². The van der Waals surface area contributed by atoms with Gasteiger partial charge < -0.3 is 19.7 Å². The number of phenols is 1. The predicted octanol–water partition coefficient (Wildman–Crippen LogP) is 5.47. The van der Waals surface area contributed by atoms with Gasteiger partial charge in [0.25, 0.3) is 11.7 Å². The fourth-order valence-corrected chi connectivity index (χ4v) is 4.24. The molecule has 0 spiro atoms. The molecule has 4 rings (SSSR count). The Balaban J connectivity index is 1.92. The molecule has 7 nitrogen and oxygen atoms in total. The van der Waals surface area contributed by atoms with Crippen molar-refractivity contribution in [3.05, 3.63) is 88.5 Å². The smallest absolute Gasteiger partial charge is 0.300 e. The topological polar surface area (TPSA) is 96.3 Å². The molecule has 180 valence electrons. The van der Waals surface area contributed by atoms with Gasteiger partial charge in [0, 0.05) is 16.3 Å². The Morgan fingerprint density at radius 1 is 0.971 bits per heavy atom. The van der Waals surface area contributed by atoms with Gasteiger partial charge in [-0.3, -0.25) is 14.5 Å². The van der Waals surface area contributed by atoms with Crippen LogP contribution >= 0.6 is 11.6 Å². The van der Waals surface area contributed by atoms with Crippen molar-refractivity contribution in [2.75, 3.05) is 18.1 Å². The van der Waals surface area contributed by atoms with E-state index >= 15 is 0 Å². The van der Waals surface area contributed by atoms with E-state index in [4.69, 9.17) is 21.1 Å². The van der Waals surface area contributed by atoms with E-state index < -0.39 is 17.7 Å². The molecule has 1 aliphatic heterocycles. The van der Waals surface area contributed by atoms with Gasteiger partial charge in [0.05, 0.1) is 24.8 Å². The quantitative estimate of drug-likeness (QED) is 0.257. The van der Waals surface area contributed by atoms with Crippen LogP contribution in [-0.4, -0.2) is 35.1 Å². The van der Waals surface area contributed by atoms with Crippen molar-refractivity contribution in [3.63, 3.8) is 0 Å². The lowest BCUT2D eigenvalue weighted by molar-refractivity contribution is -0.132. The maximum absolute atomic E-state index is 13.3. The number of benzene rings is 3. The number of Topliss-reactive ketones (excluding diaryl/α,β-unsaturated/α-hetero) is 1. The Hall–Kier alpha value is -3.97. The van der Waals surface area contributed by atoms with Crippen molar-refractivity contribution in [1.29, 1.82) is 0 Å². The van der Waals surface area contributed by atoms with Crippen LogP contribution in [-0.2, 0) is 9.59 Å². The van der Waals surface area contributed by atoms with Crippen LogP contribution in [0.4, 0.5) is 5.69 Å². The van der Waals surface area contributed by atoms with Crippen LogP contribution in [0.3, 0.4) is 0 Å². The number of hydrogen-bond donors (Lipinski definition) is 2. The molecule has 2 N–H and O–H groups in total. The molecule has 1 saturated heterocycles. The third-order valence-corrected chi connectivity index (χ3v) is 5.80. The van der Waals surface area contributed by atoms with E-state index in [9.17, 15) is 19.8 Å². The number of aliphatic hydroxyl groups is 1. The van der Waals surface area contributed by atoms with Gasteiger partial charge in [0.2, 0.25) is 0 Å². The summed E-state index contributed by atoms with van der Waals surface area (Å²) in [4.78, 5) is 27.9. The number of carbonyl (C=O) groups is 2. The van der Waals surface area contributed by atoms with Gasteiger partial charge in [-0.25, -0.2) is 0 Å². The summed E-state index contributed by atoms with van der Waals surface area (Å²) in [6.07, 6.45) is 0. The van der Waals surface area contributed by atoms with E-state index in [1.54, 1.807) is 61.5 Å². The first-order valence-electron chi connectivity index (χ1n) is 11.1. The minimum absolute atomic E-state index is 0.0801. The number of ketones is 1. The van der Waals surface area contributed by atoms with Crippen LogP contribution in [0.2, 0.25) is 5.02 Å². The first-order valence-corrected chi connectivity index (χ1v) is 11.5. The Bertz CT molecular complexity index is 1300. The molecule has 35 heavy (non-hydrogen) atoms. The van der Waals surface area contributed by atoms with Crippen molar-refractivity contribution < 1.29 is 29.3 Å². The summed E-state index contributed by atoms with van der Waals surface area (Å²) < 4.78 is 11.0. The first kappa shape index (κ1) is 24.2. The summed E-state index contributed by atoms with van der Waals surface area (Å²) in [6, 6.07) is 16.7. The summed E-state index contributed by atoms with van der Waals surface area (Å²) in [5.74, 6) is -1.25. The van der Waals surface area contributed by atoms with Crippen molar-refractivity contribution in [2.24, 2.45) is 0 Å². The van der Waals surface area contributed by atoms with Gasteiger partial charge >= 0.3 is 0 Å². The molecule has 3 aromatic carbocycles. The lowest BCUT2D eigenvalue weighted by Crippen LogP contribution is -2.29. The zero-order chi connectivity index (χ0) is 25.1. The molecule has 0 aromatic heterocycles. The Morgan fingerprint density at radius 2 is 1.69 bits per heavy atom. The zero-order valence-electron chi connectivity index (χ0n) is 19.2. The number of anilines is 1. The number of amides is 1. The standard InChI is InChI=1S/C27H24ClNO6/c1-3-34-20-11-9-19(10-12-20)29-24(16-8-13-21(30)22(15-16)35-4-2)23(26(32)27(29)33)25(31)17-6-5-7-18(28)14-17/h5-15,24,30-31H,3-4H2,1-2H3/b25-23-. The molecule has 0 saturated carbocycles. The fourth-order valence-electron chi connectivity index (χ4n) is 4.05. The Kier molecular flexibility index (Phi) is 6.98. The highest BCUT2D eigenvalue weighted by atomic mass is 35.5. The third kappa shape index (κ3) is 4.68. The number of nitrogens with zero attached hydrogens (tertiary/aromatic N) is 1. The third-order valence-electron chi connectivity index (χ3n) is 5.57. The average Bonchev–Trinajstić information content (AvgIpc) is 3.11. The van der Waals surface area contributed by atoms with Gasteiger partial charge in [-0.1, -0.05) is 29.8 Å². The van der Waals surface area contributed by atoms with E-state index in [1.807, 2.05) is 6.92 Å². The van der Waals surface area contributed by atoms with Crippen molar-refractivity contribution in [1.82, 2.24) is 0 Å². The highest BCUT2D eigenvalue weighted by Gasteiger charge is 2.47. The number of aromatic hydroxyl groups is 1. The second-order valence-corrected chi connectivity index (χ2v) is 8.20. The number of ether oxygens (including phenoxy) is 2. The number of hydrogen-bond acceptors (Lipinski definition) is 6. The van der Waals surface area contributed by atoms with Crippen LogP contribution in [0, 0.1) is 0 Å². The molecule has 0 radical (unpaired) electrons. The minimum Gasteiger partial charge on any atom is -0.507 e. The van der Waals surface area contributed by atoms with Crippen molar-refractivity contribution in [2.45, 2.75) is 19.9 Å². The summed E-state index contributed by atoms with van der Waals surface area (Å²) in [7, 11) is 0. The summed E-state index contributed by atoms with van der Waals surface area (Å²) in [5, 5.41) is 21.8. The number of rotatable bonds is 7. The summed E-state index contributed by atoms with van der Waals surface area (Å²) in [5.41, 5.74) is 1.12. The maximum atomic E-state index is 13.3. The highest BCUT2D eigenvalue weighted by Crippen LogP contribution is 2.44. The molecule has 1 atom stereocenters. The second kappa shape index (κ2) is 10.1. The SMILES string of the molecule is CCOc1ccc(N2C(=O)C(=O)/C(=C(\O)c3cccc(Cl)c3)C2c2ccc(O)c(OCC)c2)cc1. The molecule has 8 heteroatoms. The van der Waals surface area contributed by atoms with E-state index in [0.29, 0.717) is 40.8 Å². The molecule has 3 aromatic rings. The lowest BCUT2D eigenvalue weighted by atomic mass is 9.94. The molecule has 1 heterocycles. The van der Waals surface area contributed by atoms with Gasteiger partial charge in [-0.2, -0.15) is 0 Å². The largest absolute Gasteiger partial charge is 0.507 e. The van der Waals surface area contributed by atoms with E-state index in [0.717, 1.165) is 0 Å². The van der Waals surface area contributed by atoms with E-state index in [1.165, 1.54) is 17.0 Å². The van der Waals surface area contributed by atoms with Crippen LogP contribution in [0.25, 0.3) is 5.76 Å². The molecule has 1 amide bonds. The van der Waals surface area contributed by atoms with Gasteiger partial charge in [0.1, 0.15) is 11.5 Å². The monoisotopic (exact) mass is 493 g/mol. The Morgan fingerprint density at radius 3 is 2.34 bits per heavy atom. The van der Waals surface area contributed by atoms with Crippen LogP contribution in [0.5, 0.6) is 17.2 Å². The zero-order valence-corrected chi connectivity index (χ0v) is 20.0. The number of carbonyl (C=O) groups excluding carboxylic acids is 2. The van der Waals surface area contributed by atoms with Crippen LogP contribution in [0.1, 0.15) is 31.0 Å². The number of aliphatic hydroxyl groups excluding tert-OH is 1. The average molecular weight is 494 g/mol. The fraction of sp³-hybridized carbons (Fsp3) is 0.185. The molecular weight excluding hydrogens is 470 g/mol. The highest BCUT2D eigenvalue weighted by molar-refractivity contribution is 6.51. The molecule has 0 bridgehead atoms. The number of halogens is 1. The van der Waals surface area contributed by atoms with Gasteiger partial charge in [-0.15, -0.1) is 0 Å². The lowest BCUT2D eigenvalue weighted by Gasteiger charge is -2.26. The summed E-state index contributed by atoms with van der Waals surface area (Å²) >= 11 is 6.10.